The summed E-state index contributed by atoms with van der Waals surface area (Å²) in [5, 5.41) is 7.82. The second-order valence-corrected chi connectivity index (χ2v) is 13.1. The van der Waals surface area contributed by atoms with Crippen molar-refractivity contribution in [3.63, 3.8) is 0 Å². The van der Waals surface area contributed by atoms with Crippen LogP contribution in [0.15, 0.2) is 133 Å². The van der Waals surface area contributed by atoms with E-state index in [-0.39, 0.29) is 11.2 Å². The van der Waals surface area contributed by atoms with Crippen LogP contribution < -0.4 is 0 Å². The molecule has 0 N–H and O–H groups in total. The number of nitrogens with zero attached hydrogens (tertiary/aromatic N) is 3. The van der Waals surface area contributed by atoms with E-state index in [4.69, 9.17) is 9.97 Å². The molecule has 7 aromatic carbocycles. The molecule has 2 aromatic heterocycles. The summed E-state index contributed by atoms with van der Waals surface area (Å²) in [5.74, 6) is 0.321. The highest BCUT2D eigenvalue weighted by molar-refractivity contribution is 6.21. The molecule has 0 radical (unpaired) electrons. The van der Waals surface area contributed by atoms with Crippen molar-refractivity contribution in [2.75, 3.05) is 0 Å². The molecule has 0 saturated carbocycles. The van der Waals surface area contributed by atoms with Gasteiger partial charge in [-0.3, -0.25) is 4.57 Å². The lowest BCUT2D eigenvalue weighted by Crippen LogP contribution is -2.15. The van der Waals surface area contributed by atoms with E-state index < -0.39 is 0 Å². The van der Waals surface area contributed by atoms with Gasteiger partial charge in [-0.25, -0.2) is 14.4 Å². The fraction of sp³-hybridized carbons (Fsp3) is 0.0698. The fourth-order valence-corrected chi connectivity index (χ4v) is 8.13. The van der Waals surface area contributed by atoms with E-state index in [0.29, 0.717) is 5.95 Å². The molecule has 3 nitrogen and oxygen atoms in total. The lowest BCUT2D eigenvalue weighted by molar-refractivity contribution is 0.628. The van der Waals surface area contributed by atoms with Crippen molar-refractivity contribution < 1.29 is 4.39 Å². The summed E-state index contributed by atoms with van der Waals surface area (Å²) in [7, 11) is 0. The zero-order valence-electron chi connectivity index (χ0n) is 25.9. The second kappa shape index (κ2) is 9.34. The summed E-state index contributed by atoms with van der Waals surface area (Å²) in [4.78, 5) is 10.8. The van der Waals surface area contributed by atoms with Gasteiger partial charge >= 0.3 is 0 Å². The van der Waals surface area contributed by atoms with Crippen LogP contribution in [-0.4, -0.2) is 14.5 Å². The minimum absolute atomic E-state index is 0.199. The van der Waals surface area contributed by atoms with Gasteiger partial charge in [0.2, 0.25) is 5.95 Å². The third-order valence-corrected chi connectivity index (χ3v) is 10.2. The Morgan fingerprint density at radius 1 is 0.574 bits per heavy atom. The topological polar surface area (TPSA) is 30.7 Å². The molecule has 0 saturated heterocycles. The van der Waals surface area contributed by atoms with E-state index in [1.165, 1.54) is 45.2 Å². The molecule has 222 valence electrons. The van der Waals surface area contributed by atoms with Gasteiger partial charge in [0.25, 0.3) is 0 Å². The maximum Gasteiger partial charge on any atom is 0.235 e. The van der Waals surface area contributed by atoms with Crippen molar-refractivity contribution >= 4 is 54.3 Å². The lowest BCUT2D eigenvalue weighted by Gasteiger charge is -2.22. The molecule has 9 aromatic rings. The molecule has 4 heteroatoms. The van der Waals surface area contributed by atoms with Crippen LogP contribution in [0.3, 0.4) is 0 Å². The quantitative estimate of drug-likeness (QED) is 0.184. The fourth-order valence-electron chi connectivity index (χ4n) is 8.13. The Morgan fingerprint density at radius 3 is 2.06 bits per heavy atom. The monoisotopic (exact) mass is 605 g/mol. The highest BCUT2D eigenvalue weighted by Gasteiger charge is 2.38. The van der Waals surface area contributed by atoms with Gasteiger partial charge in [0.15, 0.2) is 0 Å². The number of rotatable bonds is 2. The average Bonchev–Trinajstić information content (AvgIpc) is 3.57. The zero-order chi connectivity index (χ0) is 31.4. The third-order valence-electron chi connectivity index (χ3n) is 10.2. The Kier molecular flexibility index (Phi) is 5.24. The first-order chi connectivity index (χ1) is 23.0. The first-order valence-corrected chi connectivity index (χ1v) is 16.0. The number of aromatic nitrogens is 3. The van der Waals surface area contributed by atoms with Gasteiger partial charge in [0.1, 0.15) is 5.82 Å². The molecule has 0 fully saturated rings. The van der Waals surface area contributed by atoms with Gasteiger partial charge in [0, 0.05) is 37.9 Å². The minimum atomic E-state index is -0.274. The molecular weight excluding hydrogens is 577 g/mol. The van der Waals surface area contributed by atoms with Crippen molar-refractivity contribution in [3.05, 3.63) is 150 Å². The Hall–Kier alpha value is -5.87. The first kappa shape index (κ1) is 26.4. The molecule has 1 aliphatic carbocycles. The molecule has 0 spiro atoms. The number of hydrogen-bond donors (Lipinski definition) is 0. The first-order valence-electron chi connectivity index (χ1n) is 16.0. The molecule has 47 heavy (non-hydrogen) atoms. The number of hydrogen-bond acceptors (Lipinski definition) is 2. The normalized spacial score (nSPS) is 13.6. The lowest BCUT2D eigenvalue weighted by atomic mass is 9.80. The Balaban J connectivity index is 1.41. The third kappa shape index (κ3) is 3.55. The molecule has 0 bridgehead atoms. The number of fused-ring (bicyclic) bond motifs is 12. The van der Waals surface area contributed by atoms with Crippen LogP contribution in [0.1, 0.15) is 25.0 Å². The zero-order valence-corrected chi connectivity index (χ0v) is 25.9. The molecule has 1 aliphatic rings. The predicted molar refractivity (Wildman–Crippen MR) is 192 cm³/mol. The van der Waals surface area contributed by atoms with Gasteiger partial charge in [-0.15, -0.1) is 0 Å². The maximum atomic E-state index is 14.2. The molecule has 0 amide bonds. The van der Waals surface area contributed by atoms with Crippen molar-refractivity contribution in [3.8, 4) is 28.3 Å². The van der Waals surface area contributed by atoms with Gasteiger partial charge in [-0.05, 0) is 69.4 Å². The smallest absolute Gasteiger partial charge is 0.235 e. The van der Waals surface area contributed by atoms with E-state index >= 15 is 0 Å². The minimum Gasteiger partial charge on any atom is -0.277 e. The van der Waals surface area contributed by atoms with E-state index in [1.807, 2.05) is 12.1 Å². The van der Waals surface area contributed by atoms with Crippen molar-refractivity contribution in [2.45, 2.75) is 19.3 Å². The van der Waals surface area contributed by atoms with Gasteiger partial charge < -0.3 is 0 Å². The molecule has 2 heterocycles. The van der Waals surface area contributed by atoms with E-state index in [0.717, 1.165) is 54.7 Å². The molecule has 10 rings (SSSR count). The standard InChI is InChI=1S/C43H28FN3/c1-43(2)35-14-8-7-13-31(35)32-23-24-36-37(38(32)43)33-21-17-26-10-4-6-12-30(26)41(33)47(36)42-45-39(27-15-19-28(44)20-16-27)34-22-18-25-9-3-5-11-29(25)40(34)46-42/h3-24H,1-2H3. The highest BCUT2D eigenvalue weighted by atomic mass is 19.1. The largest absolute Gasteiger partial charge is 0.277 e. The van der Waals surface area contributed by atoms with Crippen molar-refractivity contribution in [1.29, 1.82) is 0 Å². The second-order valence-electron chi connectivity index (χ2n) is 13.1. The van der Waals surface area contributed by atoms with Gasteiger partial charge in [0.05, 0.1) is 22.2 Å². The van der Waals surface area contributed by atoms with Crippen LogP contribution in [0.25, 0.3) is 82.6 Å². The highest BCUT2D eigenvalue weighted by Crippen LogP contribution is 2.53. The van der Waals surface area contributed by atoms with Crippen LogP contribution in [0.5, 0.6) is 0 Å². The Labute approximate surface area is 270 Å². The van der Waals surface area contributed by atoms with E-state index in [2.05, 4.69) is 128 Å². The van der Waals surface area contributed by atoms with Gasteiger partial charge in [-0.2, -0.15) is 0 Å². The molecule has 0 aliphatic heterocycles. The molecule has 0 atom stereocenters. The number of halogens is 1. The van der Waals surface area contributed by atoms with Crippen LogP contribution in [-0.2, 0) is 5.41 Å². The summed E-state index contributed by atoms with van der Waals surface area (Å²) in [6.45, 7) is 4.68. The SMILES string of the molecule is CC1(C)c2ccccc2-c2ccc3c(c21)c1ccc2ccccc2c1n3-c1nc(-c2ccc(F)cc2)c2ccc3ccccc3c2n1. The Morgan fingerprint density at radius 2 is 1.26 bits per heavy atom. The van der Waals surface area contributed by atoms with Crippen LogP contribution >= 0.6 is 0 Å². The summed E-state index contributed by atoms with van der Waals surface area (Å²) >= 11 is 0. The van der Waals surface area contributed by atoms with Crippen LogP contribution in [0, 0.1) is 5.82 Å². The van der Waals surface area contributed by atoms with Gasteiger partial charge in [-0.1, -0.05) is 111 Å². The summed E-state index contributed by atoms with van der Waals surface area (Å²) < 4.78 is 16.4. The molecular formula is C43H28FN3. The molecule has 0 unspecified atom stereocenters. The van der Waals surface area contributed by atoms with Crippen molar-refractivity contribution in [1.82, 2.24) is 14.5 Å². The average molecular weight is 606 g/mol. The van der Waals surface area contributed by atoms with E-state index in [1.54, 1.807) is 0 Å². The van der Waals surface area contributed by atoms with E-state index in [9.17, 15) is 4.39 Å². The summed E-state index contributed by atoms with van der Waals surface area (Å²) in [6, 6.07) is 45.5. The van der Waals surface area contributed by atoms with Crippen LogP contribution in [0.4, 0.5) is 4.39 Å². The van der Waals surface area contributed by atoms with Crippen LogP contribution in [0.2, 0.25) is 0 Å². The summed E-state index contributed by atoms with van der Waals surface area (Å²) in [5.41, 5.74) is 9.70. The maximum absolute atomic E-state index is 14.2. The summed E-state index contributed by atoms with van der Waals surface area (Å²) in [6.07, 6.45) is 0. The number of benzene rings is 7. The van der Waals surface area contributed by atoms with Crippen molar-refractivity contribution in [2.24, 2.45) is 0 Å². The Bertz CT molecular complexity index is 2770. The predicted octanol–water partition coefficient (Wildman–Crippen LogP) is 11.1.